The summed E-state index contributed by atoms with van der Waals surface area (Å²) in [5.74, 6) is 0.294. The van der Waals surface area contributed by atoms with Gasteiger partial charge in [-0.2, -0.15) is 0 Å². The number of hydrogen-bond acceptors (Lipinski definition) is 3. The van der Waals surface area contributed by atoms with Crippen LogP contribution in [0, 0.1) is 6.92 Å². The Morgan fingerprint density at radius 3 is 2.71 bits per heavy atom. The van der Waals surface area contributed by atoms with E-state index in [1.807, 2.05) is 0 Å². The molecule has 5 heteroatoms. The summed E-state index contributed by atoms with van der Waals surface area (Å²) in [6, 6.07) is 3.14. The van der Waals surface area contributed by atoms with Gasteiger partial charge in [-0.25, -0.2) is 4.79 Å². The highest BCUT2D eigenvalue weighted by molar-refractivity contribution is 9.10. The summed E-state index contributed by atoms with van der Waals surface area (Å²) < 4.78 is 5.36. The van der Waals surface area contributed by atoms with Gasteiger partial charge >= 0.3 is 6.09 Å². The number of carbonyl (C=O) groups is 2. The quantitative estimate of drug-likeness (QED) is 0.825. The highest BCUT2D eigenvalue weighted by Gasteiger charge is 2.07. The van der Waals surface area contributed by atoms with E-state index in [0.29, 0.717) is 22.1 Å². The Bertz CT molecular complexity index is 390. The van der Waals surface area contributed by atoms with Crippen LogP contribution in [0.25, 0.3) is 0 Å². The third kappa shape index (κ3) is 2.32. The number of aryl methyl sites for hydroxylation is 1. The van der Waals surface area contributed by atoms with Crippen molar-refractivity contribution in [2.45, 2.75) is 6.92 Å². The van der Waals surface area contributed by atoms with Gasteiger partial charge in [0.1, 0.15) is 5.75 Å². The summed E-state index contributed by atoms with van der Waals surface area (Å²) in [6.07, 6.45) is -0.232. The smallest absolute Gasteiger partial charge is 0.409 e. The monoisotopic (exact) mass is 257 g/mol. The molecule has 0 aliphatic heterocycles. The van der Waals surface area contributed by atoms with E-state index >= 15 is 0 Å². The third-order valence-corrected chi connectivity index (χ3v) is 2.32. The van der Waals surface area contributed by atoms with Crippen molar-refractivity contribution in [3.8, 4) is 5.75 Å². The number of amides is 1. The van der Waals surface area contributed by atoms with Crippen LogP contribution < -0.4 is 10.5 Å². The second-order valence-corrected chi connectivity index (χ2v) is 3.53. The SMILES string of the molecule is Cc1cc(Br)c(C=O)cc1OC(N)=O. The van der Waals surface area contributed by atoms with Gasteiger partial charge in [-0.05, 0) is 24.6 Å². The lowest BCUT2D eigenvalue weighted by Gasteiger charge is -2.06. The fourth-order valence-corrected chi connectivity index (χ4v) is 1.53. The van der Waals surface area contributed by atoms with Crippen LogP contribution in [0.2, 0.25) is 0 Å². The van der Waals surface area contributed by atoms with Crippen LogP contribution in [0.5, 0.6) is 5.75 Å². The summed E-state index contributed by atoms with van der Waals surface area (Å²) in [6.45, 7) is 1.75. The predicted molar refractivity (Wildman–Crippen MR) is 54.5 cm³/mol. The average molecular weight is 258 g/mol. The average Bonchev–Trinajstić information content (AvgIpc) is 2.09. The lowest BCUT2D eigenvalue weighted by Crippen LogP contribution is -2.17. The van der Waals surface area contributed by atoms with Crippen molar-refractivity contribution in [2.24, 2.45) is 5.73 Å². The highest BCUT2D eigenvalue weighted by atomic mass is 79.9. The minimum Gasteiger partial charge on any atom is -0.410 e. The van der Waals surface area contributed by atoms with Crippen LogP contribution in [0.1, 0.15) is 15.9 Å². The molecule has 0 aromatic heterocycles. The van der Waals surface area contributed by atoms with Crippen LogP contribution in [0.4, 0.5) is 4.79 Å². The second-order valence-electron chi connectivity index (χ2n) is 2.68. The Morgan fingerprint density at radius 2 is 2.21 bits per heavy atom. The van der Waals surface area contributed by atoms with Crippen LogP contribution in [0.15, 0.2) is 16.6 Å². The van der Waals surface area contributed by atoms with Gasteiger partial charge in [0.05, 0.1) is 0 Å². The molecule has 0 atom stereocenters. The fourth-order valence-electron chi connectivity index (χ4n) is 0.977. The molecule has 0 bridgehead atoms. The Hall–Kier alpha value is -1.36. The molecule has 0 spiro atoms. The molecule has 0 saturated carbocycles. The molecule has 0 aliphatic carbocycles. The number of carbonyl (C=O) groups excluding carboxylic acids is 2. The molecule has 0 saturated heterocycles. The van der Waals surface area contributed by atoms with Gasteiger partial charge in [-0.1, -0.05) is 15.9 Å². The van der Waals surface area contributed by atoms with E-state index in [1.54, 1.807) is 13.0 Å². The summed E-state index contributed by atoms with van der Waals surface area (Å²) >= 11 is 3.20. The number of aldehydes is 1. The largest absolute Gasteiger partial charge is 0.410 e. The standard InChI is InChI=1S/C9H8BrNO3/c1-5-2-7(10)6(4-12)3-8(5)14-9(11)13/h2-4H,1H3,(H2,11,13). The van der Waals surface area contributed by atoms with Crippen molar-refractivity contribution in [3.05, 3.63) is 27.7 Å². The maximum Gasteiger partial charge on any atom is 0.409 e. The van der Waals surface area contributed by atoms with Gasteiger partial charge in [-0.15, -0.1) is 0 Å². The van der Waals surface area contributed by atoms with Crippen LogP contribution >= 0.6 is 15.9 Å². The first-order chi connectivity index (χ1) is 6.54. The van der Waals surface area contributed by atoms with Gasteiger partial charge in [0.25, 0.3) is 0 Å². The fraction of sp³-hybridized carbons (Fsp3) is 0.111. The Balaban J connectivity index is 3.16. The van der Waals surface area contributed by atoms with Crippen molar-refractivity contribution < 1.29 is 14.3 Å². The molecule has 1 rings (SSSR count). The van der Waals surface area contributed by atoms with Gasteiger partial charge in [0.15, 0.2) is 6.29 Å². The van der Waals surface area contributed by atoms with Gasteiger partial charge < -0.3 is 10.5 Å². The summed E-state index contributed by atoms with van der Waals surface area (Å²) in [7, 11) is 0. The number of nitrogens with two attached hydrogens (primary N) is 1. The number of halogens is 1. The molecule has 0 radical (unpaired) electrons. The Kier molecular flexibility index (Phi) is 3.24. The predicted octanol–water partition coefficient (Wildman–Crippen LogP) is 2.03. The van der Waals surface area contributed by atoms with Crippen molar-refractivity contribution in [1.82, 2.24) is 0 Å². The van der Waals surface area contributed by atoms with Crippen molar-refractivity contribution in [1.29, 1.82) is 0 Å². The zero-order valence-electron chi connectivity index (χ0n) is 7.41. The second kappa shape index (κ2) is 4.23. The van der Waals surface area contributed by atoms with Gasteiger partial charge in [-0.3, -0.25) is 4.79 Å². The van der Waals surface area contributed by atoms with Gasteiger partial charge in [0, 0.05) is 10.0 Å². The van der Waals surface area contributed by atoms with Crippen molar-refractivity contribution in [3.63, 3.8) is 0 Å². The molecular formula is C9H8BrNO3. The molecule has 0 aliphatic rings. The minimum atomic E-state index is -0.896. The van der Waals surface area contributed by atoms with E-state index in [9.17, 15) is 9.59 Å². The molecule has 1 aromatic rings. The molecule has 2 N–H and O–H groups in total. The van der Waals surface area contributed by atoms with Crippen LogP contribution in [-0.4, -0.2) is 12.4 Å². The lowest BCUT2D eigenvalue weighted by atomic mass is 10.1. The topological polar surface area (TPSA) is 69.4 Å². The van der Waals surface area contributed by atoms with Gasteiger partial charge in [0.2, 0.25) is 0 Å². The number of rotatable bonds is 2. The summed E-state index contributed by atoms with van der Waals surface area (Å²) in [4.78, 5) is 21.1. The number of ether oxygens (including phenoxy) is 1. The van der Waals surface area contributed by atoms with E-state index in [1.165, 1.54) is 6.07 Å². The molecule has 0 fully saturated rings. The van der Waals surface area contributed by atoms with Crippen molar-refractivity contribution in [2.75, 3.05) is 0 Å². The molecule has 74 valence electrons. The molecule has 0 unspecified atom stereocenters. The van der Waals surface area contributed by atoms with E-state index in [0.717, 1.165) is 5.56 Å². The minimum absolute atomic E-state index is 0.294. The zero-order valence-corrected chi connectivity index (χ0v) is 9.00. The molecule has 1 amide bonds. The number of hydrogen-bond donors (Lipinski definition) is 1. The van der Waals surface area contributed by atoms with Crippen molar-refractivity contribution >= 4 is 28.3 Å². The lowest BCUT2D eigenvalue weighted by molar-refractivity contribution is 0.112. The van der Waals surface area contributed by atoms with E-state index in [-0.39, 0.29) is 0 Å². The van der Waals surface area contributed by atoms with E-state index in [2.05, 4.69) is 15.9 Å². The first kappa shape index (κ1) is 10.7. The number of primary amides is 1. The Labute approximate surface area is 89.2 Å². The Morgan fingerprint density at radius 1 is 1.57 bits per heavy atom. The van der Waals surface area contributed by atoms with Crippen LogP contribution in [0.3, 0.4) is 0 Å². The molecule has 1 aromatic carbocycles. The summed E-state index contributed by atoms with van der Waals surface area (Å²) in [5, 5.41) is 0. The zero-order chi connectivity index (χ0) is 10.7. The van der Waals surface area contributed by atoms with E-state index < -0.39 is 6.09 Å². The maximum atomic E-state index is 10.6. The normalized spacial score (nSPS) is 9.57. The first-order valence-corrected chi connectivity index (χ1v) is 4.56. The maximum absolute atomic E-state index is 10.6. The molecular weight excluding hydrogens is 250 g/mol. The molecule has 4 nitrogen and oxygen atoms in total. The van der Waals surface area contributed by atoms with Crippen LogP contribution in [-0.2, 0) is 0 Å². The van der Waals surface area contributed by atoms with E-state index in [4.69, 9.17) is 10.5 Å². The molecule has 0 heterocycles. The molecule has 14 heavy (non-hydrogen) atoms. The highest BCUT2D eigenvalue weighted by Crippen LogP contribution is 2.25. The third-order valence-electron chi connectivity index (χ3n) is 1.63. The summed E-state index contributed by atoms with van der Waals surface area (Å²) in [5.41, 5.74) is 5.99. The first-order valence-electron chi connectivity index (χ1n) is 3.77. The number of benzene rings is 1.